The topological polar surface area (TPSA) is 12.0 Å². The number of hydrogen-bond acceptors (Lipinski definition) is 1. The van der Waals surface area contributed by atoms with E-state index in [4.69, 9.17) is 11.6 Å². The standard InChI is InChI=1S/C11H14ClN/c1-8(9-2-3-9)13-11-6-4-10(12)5-7-11/h4-9,13H,2-3H2,1H3. The normalized spacial score (nSPS) is 18.3. The van der Waals surface area contributed by atoms with Crippen molar-refractivity contribution in [2.45, 2.75) is 25.8 Å². The fourth-order valence-corrected chi connectivity index (χ4v) is 1.65. The first-order valence-corrected chi connectivity index (χ1v) is 5.15. The third-order valence-corrected chi connectivity index (χ3v) is 2.82. The summed E-state index contributed by atoms with van der Waals surface area (Å²) in [4.78, 5) is 0. The maximum Gasteiger partial charge on any atom is 0.0407 e. The van der Waals surface area contributed by atoms with E-state index in [2.05, 4.69) is 12.2 Å². The van der Waals surface area contributed by atoms with Crippen LogP contribution in [0.4, 0.5) is 5.69 Å². The predicted octanol–water partition coefficient (Wildman–Crippen LogP) is 3.55. The van der Waals surface area contributed by atoms with Gasteiger partial charge in [-0.1, -0.05) is 11.6 Å². The quantitative estimate of drug-likeness (QED) is 0.778. The zero-order valence-electron chi connectivity index (χ0n) is 7.76. The second kappa shape index (κ2) is 3.59. The molecule has 2 rings (SSSR count). The molecule has 0 bridgehead atoms. The molecular weight excluding hydrogens is 182 g/mol. The van der Waals surface area contributed by atoms with Crippen molar-refractivity contribution in [3.63, 3.8) is 0 Å². The Bertz CT molecular complexity index is 277. The number of benzene rings is 1. The highest BCUT2D eigenvalue weighted by molar-refractivity contribution is 6.30. The van der Waals surface area contributed by atoms with Gasteiger partial charge in [-0.25, -0.2) is 0 Å². The minimum atomic E-state index is 0.598. The molecule has 0 saturated heterocycles. The third-order valence-electron chi connectivity index (χ3n) is 2.57. The molecule has 0 amide bonds. The fraction of sp³-hybridized carbons (Fsp3) is 0.455. The van der Waals surface area contributed by atoms with Gasteiger partial charge in [0.2, 0.25) is 0 Å². The Morgan fingerprint density at radius 3 is 2.46 bits per heavy atom. The number of anilines is 1. The number of hydrogen-bond donors (Lipinski definition) is 1. The van der Waals surface area contributed by atoms with Gasteiger partial charge in [-0.05, 0) is 49.9 Å². The van der Waals surface area contributed by atoms with Crippen molar-refractivity contribution in [1.29, 1.82) is 0 Å². The lowest BCUT2D eigenvalue weighted by atomic mass is 10.2. The van der Waals surface area contributed by atoms with Crippen LogP contribution in [0.1, 0.15) is 19.8 Å². The van der Waals surface area contributed by atoms with Crippen molar-refractivity contribution < 1.29 is 0 Å². The first kappa shape index (κ1) is 8.89. The highest BCUT2D eigenvalue weighted by Crippen LogP contribution is 2.33. The minimum absolute atomic E-state index is 0.598. The molecule has 0 spiro atoms. The maximum atomic E-state index is 5.80. The lowest BCUT2D eigenvalue weighted by Crippen LogP contribution is -2.16. The van der Waals surface area contributed by atoms with E-state index < -0.39 is 0 Å². The maximum absolute atomic E-state index is 5.80. The summed E-state index contributed by atoms with van der Waals surface area (Å²) in [6, 6.07) is 8.50. The van der Waals surface area contributed by atoms with E-state index in [0.29, 0.717) is 6.04 Å². The smallest absolute Gasteiger partial charge is 0.0407 e. The summed E-state index contributed by atoms with van der Waals surface area (Å²) >= 11 is 5.80. The summed E-state index contributed by atoms with van der Waals surface area (Å²) in [6.07, 6.45) is 2.75. The molecule has 1 fully saturated rings. The predicted molar refractivity (Wildman–Crippen MR) is 57.3 cm³/mol. The Balaban J connectivity index is 1.96. The van der Waals surface area contributed by atoms with Crippen LogP contribution in [0, 0.1) is 5.92 Å². The summed E-state index contributed by atoms with van der Waals surface area (Å²) in [5.41, 5.74) is 1.17. The van der Waals surface area contributed by atoms with E-state index in [9.17, 15) is 0 Å². The van der Waals surface area contributed by atoms with Crippen LogP contribution in [-0.2, 0) is 0 Å². The van der Waals surface area contributed by atoms with Crippen molar-refractivity contribution >= 4 is 17.3 Å². The molecule has 1 aromatic carbocycles. The highest BCUT2D eigenvalue weighted by Gasteiger charge is 2.27. The van der Waals surface area contributed by atoms with E-state index in [0.717, 1.165) is 10.9 Å². The van der Waals surface area contributed by atoms with E-state index in [1.165, 1.54) is 18.5 Å². The Morgan fingerprint density at radius 2 is 1.92 bits per heavy atom. The molecule has 1 aliphatic carbocycles. The molecule has 70 valence electrons. The van der Waals surface area contributed by atoms with Gasteiger partial charge in [-0.2, -0.15) is 0 Å². The molecule has 0 aromatic heterocycles. The van der Waals surface area contributed by atoms with Gasteiger partial charge in [0.05, 0.1) is 0 Å². The van der Waals surface area contributed by atoms with Gasteiger partial charge in [-0.15, -0.1) is 0 Å². The minimum Gasteiger partial charge on any atom is -0.382 e. The van der Waals surface area contributed by atoms with Crippen LogP contribution in [-0.4, -0.2) is 6.04 Å². The molecule has 1 unspecified atom stereocenters. The Morgan fingerprint density at radius 1 is 1.31 bits per heavy atom. The third kappa shape index (κ3) is 2.38. The molecule has 1 N–H and O–H groups in total. The summed E-state index contributed by atoms with van der Waals surface area (Å²) in [5.74, 6) is 0.885. The van der Waals surface area contributed by atoms with Crippen LogP contribution in [0.15, 0.2) is 24.3 Å². The lowest BCUT2D eigenvalue weighted by molar-refractivity contribution is 0.694. The van der Waals surface area contributed by atoms with E-state index in [1.807, 2.05) is 24.3 Å². The average molecular weight is 196 g/mol. The SMILES string of the molecule is CC(Nc1ccc(Cl)cc1)C1CC1. The molecule has 1 nitrogen and oxygen atoms in total. The van der Waals surface area contributed by atoms with Crippen LogP contribution in [0.3, 0.4) is 0 Å². The van der Waals surface area contributed by atoms with E-state index in [-0.39, 0.29) is 0 Å². The molecule has 1 saturated carbocycles. The van der Waals surface area contributed by atoms with Gasteiger partial charge >= 0.3 is 0 Å². The molecule has 1 aliphatic rings. The van der Waals surface area contributed by atoms with Crippen molar-refractivity contribution in [3.05, 3.63) is 29.3 Å². The van der Waals surface area contributed by atoms with Gasteiger partial charge in [0.15, 0.2) is 0 Å². The summed E-state index contributed by atoms with van der Waals surface area (Å²) in [5, 5.41) is 4.27. The van der Waals surface area contributed by atoms with Crippen LogP contribution >= 0.6 is 11.6 Å². The van der Waals surface area contributed by atoms with Crippen molar-refractivity contribution in [2.75, 3.05) is 5.32 Å². The molecule has 1 atom stereocenters. The average Bonchev–Trinajstić information content (AvgIpc) is 2.91. The second-order valence-corrected chi connectivity index (χ2v) is 4.21. The Kier molecular flexibility index (Phi) is 2.45. The van der Waals surface area contributed by atoms with Crippen LogP contribution in [0.25, 0.3) is 0 Å². The number of halogens is 1. The van der Waals surface area contributed by atoms with Crippen molar-refractivity contribution in [2.24, 2.45) is 5.92 Å². The molecule has 13 heavy (non-hydrogen) atoms. The van der Waals surface area contributed by atoms with Gasteiger partial charge in [0.25, 0.3) is 0 Å². The molecule has 0 aliphatic heterocycles. The largest absolute Gasteiger partial charge is 0.382 e. The highest BCUT2D eigenvalue weighted by atomic mass is 35.5. The summed E-state index contributed by atoms with van der Waals surface area (Å²) < 4.78 is 0. The Hall–Kier alpha value is -0.690. The van der Waals surface area contributed by atoms with Gasteiger partial charge in [0.1, 0.15) is 0 Å². The van der Waals surface area contributed by atoms with Crippen LogP contribution in [0.2, 0.25) is 5.02 Å². The number of rotatable bonds is 3. The van der Waals surface area contributed by atoms with Crippen LogP contribution in [0.5, 0.6) is 0 Å². The molecule has 0 heterocycles. The van der Waals surface area contributed by atoms with E-state index >= 15 is 0 Å². The van der Waals surface area contributed by atoms with Gasteiger partial charge in [0, 0.05) is 16.8 Å². The zero-order chi connectivity index (χ0) is 9.26. The lowest BCUT2D eigenvalue weighted by Gasteiger charge is -2.13. The number of nitrogens with one attached hydrogen (secondary N) is 1. The first-order chi connectivity index (χ1) is 6.25. The van der Waals surface area contributed by atoms with Gasteiger partial charge < -0.3 is 5.32 Å². The molecule has 1 aromatic rings. The zero-order valence-corrected chi connectivity index (χ0v) is 8.51. The summed E-state index contributed by atoms with van der Waals surface area (Å²) in [6.45, 7) is 2.24. The van der Waals surface area contributed by atoms with Crippen molar-refractivity contribution in [3.8, 4) is 0 Å². The molecule has 2 heteroatoms. The molecular formula is C11H14ClN. The fourth-order valence-electron chi connectivity index (χ4n) is 1.52. The Labute approximate surface area is 84.1 Å². The summed E-state index contributed by atoms with van der Waals surface area (Å²) in [7, 11) is 0. The van der Waals surface area contributed by atoms with Gasteiger partial charge in [-0.3, -0.25) is 0 Å². The second-order valence-electron chi connectivity index (χ2n) is 3.78. The van der Waals surface area contributed by atoms with Crippen molar-refractivity contribution in [1.82, 2.24) is 0 Å². The first-order valence-electron chi connectivity index (χ1n) is 4.78. The van der Waals surface area contributed by atoms with E-state index in [1.54, 1.807) is 0 Å². The monoisotopic (exact) mass is 195 g/mol. The molecule has 0 radical (unpaired) electrons. The van der Waals surface area contributed by atoms with Crippen LogP contribution < -0.4 is 5.32 Å².